The summed E-state index contributed by atoms with van der Waals surface area (Å²) in [5, 5.41) is 4.25. The van der Waals surface area contributed by atoms with Gasteiger partial charge in [0.1, 0.15) is 0 Å². The van der Waals surface area contributed by atoms with Crippen LogP contribution in [-0.2, 0) is 11.2 Å². The number of aryl methyl sites for hydroxylation is 2. The van der Waals surface area contributed by atoms with Crippen LogP contribution in [0.25, 0.3) is 11.3 Å². The Morgan fingerprint density at radius 1 is 1.24 bits per heavy atom. The van der Waals surface area contributed by atoms with Crippen molar-refractivity contribution < 1.29 is 4.79 Å². The van der Waals surface area contributed by atoms with Gasteiger partial charge in [0.15, 0.2) is 0 Å². The molecule has 2 aromatic rings. The van der Waals surface area contributed by atoms with Gasteiger partial charge in [0.05, 0.1) is 17.1 Å². The van der Waals surface area contributed by atoms with Crippen LogP contribution < -0.4 is 5.32 Å². The maximum Gasteiger partial charge on any atom is 0.225 e. The Morgan fingerprint density at radius 3 is 2.72 bits per heavy atom. The van der Waals surface area contributed by atoms with Gasteiger partial charge < -0.3 is 5.32 Å². The van der Waals surface area contributed by atoms with Crippen molar-refractivity contribution in [3.8, 4) is 11.3 Å². The molecule has 1 N–H and O–H groups in total. The van der Waals surface area contributed by atoms with Gasteiger partial charge in [0.25, 0.3) is 0 Å². The van der Waals surface area contributed by atoms with Crippen molar-refractivity contribution in [2.75, 3.05) is 13.1 Å². The van der Waals surface area contributed by atoms with E-state index in [2.05, 4.69) is 46.4 Å². The number of likely N-dealkylation sites (tertiary alicyclic amines) is 1. The molecule has 0 bridgehead atoms. The smallest absolute Gasteiger partial charge is 0.225 e. The topological polar surface area (TPSA) is 45.2 Å². The lowest BCUT2D eigenvalue weighted by Gasteiger charge is -2.15. The molecule has 1 saturated heterocycles. The van der Waals surface area contributed by atoms with Crippen LogP contribution >= 0.6 is 11.3 Å². The molecule has 2 fully saturated rings. The maximum atomic E-state index is 12.6. The largest absolute Gasteiger partial charge is 0.352 e. The van der Waals surface area contributed by atoms with Crippen molar-refractivity contribution in [2.24, 2.45) is 0 Å². The molecule has 0 radical (unpaired) electrons. The lowest BCUT2D eigenvalue weighted by atomic mass is 10.1. The number of rotatable bonds is 5. The van der Waals surface area contributed by atoms with Crippen LogP contribution in [-0.4, -0.2) is 41.0 Å². The van der Waals surface area contributed by atoms with Crippen molar-refractivity contribution in [1.29, 1.82) is 0 Å². The summed E-state index contributed by atoms with van der Waals surface area (Å²) in [6.07, 6.45) is 4.17. The highest BCUT2D eigenvalue weighted by Gasteiger charge is 2.34. The number of thiazole rings is 1. The van der Waals surface area contributed by atoms with E-state index in [1.54, 1.807) is 11.3 Å². The number of amides is 1. The lowest BCUT2D eigenvalue weighted by Crippen LogP contribution is -2.38. The van der Waals surface area contributed by atoms with Crippen molar-refractivity contribution in [2.45, 2.75) is 51.6 Å². The predicted octanol–water partition coefficient (Wildman–Crippen LogP) is 3.32. The zero-order valence-electron chi connectivity index (χ0n) is 14.9. The quantitative estimate of drug-likeness (QED) is 0.895. The second kappa shape index (κ2) is 6.89. The van der Waals surface area contributed by atoms with Gasteiger partial charge in [-0.15, -0.1) is 11.3 Å². The van der Waals surface area contributed by atoms with E-state index < -0.39 is 0 Å². The Morgan fingerprint density at radius 2 is 2.00 bits per heavy atom. The van der Waals surface area contributed by atoms with Crippen LogP contribution in [0, 0.1) is 13.8 Å². The maximum absolute atomic E-state index is 12.6. The van der Waals surface area contributed by atoms with E-state index in [0.29, 0.717) is 12.5 Å². The molecule has 1 aromatic heterocycles. The summed E-state index contributed by atoms with van der Waals surface area (Å²) in [6.45, 7) is 6.23. The number of benzene rings is 1. The SMILES string of the molecule is Cc1ccc(-c2nc(C)sc2CC(=O)NC2CCN(C3CC3)C2)cc1. The first-order chi connectivity index (χ1) is 12.1. The minimum atomic E-state index is 0.125. The van der Waals surface area contributed by atoms with Gasteiger partial charge in [0, 0.05) is 35.6 Å². The van der Waals surface area contributed by atoms with E-state index >= 15 is 0 Å². The first-order valence-corrected chi connectivity index (χ1v) is 9.97. The van der Waals surface area contributed by atoms with Crippen molar-refractivity contribution in [3.05, 3.63) is 39.7 Å². The van der Waals surface area contributed by atoms with E-state index in [1.165, 1.54) is 18.4 Å². The summed E-state index contributed by atoms with van der Waals surface area (Å²) >= 11 is 1.63. The fourth-order valence-electron chi connectivity index (χ4n) is 3.63. The molecule has 2 heterocycles. The lowest BCUT2D eigenvalue weighted by molar-refractivity contribution is -0.121. The summed E-state index contributed by atoms with van der Waals surface area (Å²) in [7, 11) is 0. The predicted molar refractivity (Wildman–Crippen MR) is 102 cm³/mol. The third kappa shape index (κ3) is 3.93. The molecule has 4 nitrogen and oxygen atoms in total. The molecular formula is C20H25N3OS. The Balaban J connectivity index is 1.42. The highest BCUT2D eigenvalue weighted by atomic mass is 32.1. The Kier molecular flexibility index (Phi) is 4.61. The van der Waals surface area contributed by atoms with E-state index in [1.807, 2.05) is 6.92 Å². The standard InChI is InChI=1S/C20H25N3OS/c1-13-3-5-15(6-4-13)20-18(25-14(2)21-20)11-19(24)22-16-9-10-23(12-16)17-7-8-17/h3-6,16-17H,7-12H2,1-2H3,(H,22,24). The van der Waals surface area contributed by atoms with E-state index in [4.69, 9.17) is 0 Å². The first-order valence-electron chi connectivity index (χ1n) is 9.15. The molecule has 132 valence electrons. The number of carbonyl (C=O) groups excluding carboxylic acids is 1. The summed E-state index contributed by atoms with van der Waals surface area (Å²) in [6, 6.07) is 9.48. The van der Waals surface area contributed by atoms with Gasteiger partial charge in [-0.3, -0.25) is 9.69 Å². The molecule has 1 unspecified atom stereocenters. The van der Waals surface area contributed by atoms with Gasteiger partial charge in [-0.2, -0.15) is 0 Å². The number of carbonyl (C=O) groups is 1. The van der Waals surface area contributed by atoms with Gasteiger partial charge in [-0.25, -0.2) is 4.98 Å². The number of nitrogens with zero attached hydrogens (tertiary/aromatic N) is 2. The van der Waals surface area contributed by atoms with Crippen molar-refractivity contribution in [3.63, 3.8) is 0 Å². The van der Waals surface area contributed by atoms with Gasteiger partial charge in [0.2, 0.25) is 5.91 Å². The highest BCUT2D eigenvalue weighted by Crippen LogP contribution is 2.30. The molecule has 1 amide bonds. The van der Waals surface area contributed by atoms with Crippen LogP contribution in [0.15, 0.2) is 24.3 Å². The Bertz CT molecular complexity index is 764. The van der Waals surface area contributed by atoms with Crippen LogP contribution in [0.1, 0.15) is 34.7 Å². The van der Waals surface area contributed by atoms with Crippen LogP contribution in [0.4, 0.5) is 0 Å². The summed E-state index contributed by atoms with van der Waals surface area (Å²) < 4.78 is 0. The molecule has 2 aliphatic rings. The van der Waals surface area contributed by atoms with Crippen molar-refractivity contribution in [1.82, 2.24) is 15.2 Å². The molecule has 1 aromatic carbocycles. The fourth-order valence-corrected chi connectivity index (χ4v) is 4.58. The van der Waals surface area contributed by atoms with Crippen LogP contribution in [0.2, 0.25) is 0 Å². The molecule has 5 heteroatoms. The van der Waals surface area contributed by atoms with Crippen LogP contribution in [0.3, 0.4) is 0 Å². The second-order valence-corrected chi connectivity index (χ2v) is 8.61. The van der Waals surface area contributed by atoms with Gasteiger partial charge in [-0.05, 0) is 33.1 Å². The van der Waals surface area contributed by atoms with Crippen molar-refractivity contribution >= 4 is 17.2 Å². The highest BCUT2D eigenvalue weighted by molar-refractivity contribution is 7.12. The Labute approximate surface area is 153 Å². The first kappa shape index (κ1) is 16.7. The average Bonchev–Trinajstić information content (AvgIpc) is 3.22. The van der Waals surface area contributed by atoms with E-state index in [9.17, 15) is 4.79 Å². The summed E-state index contributed by atoms with van der Waals surface area (Å²) in [5.74, 6) is 0.125. The van der Waals surface area contributed by atoms with E-state index in [0.717, 1.165) is 46.7 Å². The average molecular weight is 356 g/mol. The number of hydrogen-bond donors (Lipinski definition) is 1. The Hall–Kier alpha value is -1.72. The number of nitrogens with one attached hydrogen (secondary N) is 1. The molecule has 25 heavy (non-hydrogen) atoms. The van der Waals surface area contributed by atoms with Gasteiger partial charge >= 0.3 is 0 Å². The monoisotopic (exact) mass is 355 g/mol. The number of aromatic nitrogens is 1. The molecule has 0 spiro atoms. The molecule has 4 rings (SSSR count). The molecular weight excluding hydrogens is 330 g/mol. The zero-order valence-corrected chi connectivity index (χ0v) is 15.7. The molecule has 1 saturated carbocycles. The summed E-state index contributed by atoms with van der Waals surface area (Å²) in [4.78, 5) is 20.8. The molecule has 1 aliphatic carbocycles. The minimum Gasteiger partial charge on any atom is -0.352 e. The molecule has 1 aliphatic heterocycles. The van der Waals surface area contributed by atoms with Crippen LogP contribution in [0.5, 0.6) is 0 Å². The summed E-state index contributed by atoms with van der Waals surface area (Å²) in [5.41, 5.74) is 3.29. The zero-order chi connectivity index (χ0) is 17.4. The molecule has 1 atom stereocenters. The fraction of sp³-hybridized carbons (Fsp3) is 0.500. The van der Waals surface area contributed by atoms with Gasteiger partial charge in [-0.1, -0.05) is 29.8 Å². The normalized spacial score (nSPS) is 20.8. The second-order valence-electron chi connectivity index (χ2n) is 7.33. The minimum absolute atomic E-state index is 0.125. The third-order valence-corrected chi connectivity index (χ3v) is 6.07. The van der Waals surface area contributed by atoms with E-state index in [-0.39, 0.29) is 5.91 Å². The number of hydrogen-bond acceptors (Lipinski definition) is 4. The third-order valence-electron chi connectivity index (χ3n) is 5.10.